The summed E-state index contributed by atoms with van der Waals surface area (Å²) in [4.78, 5) is 16.1. The number of nitrogens with one attached hydrogen (secondary N) is 1. The molecule has 1 atom stereocenters. The molecule has 0 aliphatic heterocycles. The summed E-state index contributed by atoms with van der Waals surface area (Å²) in [7, 11) is 0. The molecule has 1 amide bonds. The van der Waals surface area contributed by atoms with Crippen molar-refractivity contribution in [2.75, 3.05) is 6.54 Å². The number of aromatic nitrogens is 2. The average Bonchev–Trinajstić information content (AvgIpc) is 3.25. The van der Waals surface area contributed by atoms with E-state index in [2.05, 4.69) is 15.5 Å². The minimum atomic E-state index is -1.31. The van der Waals surface area contributed by atoms with Crippen LogP contribution in [0.3, 0.4) is 0 Å². The Bertz CT molecular complexity index is 779. The van der Waals surface area contributed by atoms with Gasteiger partial charge in [0.25, 0.3) is 5.91 Å². The molecular weight excluding hydrogens is 298 g/mol. The molecule has 23 heavy (non-hydrogen) atoms. The standard InChI is InChI=1S/C16H15N3O4/c1-16(21,14-5-3-7-22-14)10-18-15(20)12-8-13(23-19-12)11-4-2-6-17-9-11/h2-9,21H,10H2,1H3,(H,18,20). The topological polar surface area (TPSA) is 101 Å². The van der Waals surface area contributed by atoms with Crippen molar-refractivity contribution in [2.24, 2.45) is 0 Å². The lowest BCUT2D eigenvalue weighted by atomic mass is 10.0. The first-order valence-corrected chi connectivity index (χ1v) is 6.98. The van der Waals surface area contributed by atoms with Crippen molar-refractivity contribution < 1.29 is 18.8 Å². The highest BCUT2D eigenvalue weighted by molar-refractivity contribution is 5.93. The van der Waals surface area contributed by atoms with E-state index < -0.39 is 11.5 Å². The molecule has 0 radical (unpaired) electrons. The lowest BCUT2D eigenvalue weighted by molar-refractivity contribution is 0.0329. The van der Waals surface area contributed by atoms with E-state index in [0.717, 1.165) is 5.56 Å². The SMILES string of the molecule is CC(O)(CNC(=O)c1cc(-c2cccnc2)on1)c1ccco1. The van der Waals surface area contributed by atoms with Crippen LogP contribution in [0, 0.1) is 0 Å². The fourth-order valence-electron chi connectivity index (χ4n) is 2.04. The summed E-state index contributed by atoms with van der Waals surface area (Å²) in [6, 6.07) is 8.40. The van der Waals surface area contributed by atoms with Crippen molar-refractivity contribution in [1.29, 1.82) is 0 Å². The maximum atomic E-state index is 12.1. The molecule has 0 aliphatic carbocycles. The molecule has 3 heterocycles. The van der Waals surface area contributed by atoms with Crippen molar-refractivity contribution in [2.45, 2.75) is 12.5 Å². The molecule has 0 bridgehead atoms. The van der Waals surface area contributed by atoms with Gasteiger partial charge in [-0.15, -0.1) is 0 Å². The molecule has 0 saturated carbocycles. The fraction of sp³-hybridized carbons (Fsp3) is 0.188. The van der Waals surface area contributed by atoms with Crippen molar-refractivity contribution in [1.82, 2.24) is 15.5 Å². The van der Waals surface area contributed by atoms with E-state index in [0.29, 0.717) is 11.5 Å². The van der Waals surface area contributed by atoms with E-state index in [4.69, 9.17) is 8.94 Å². The Kier molecular flexibility index (Phi) is 3.94. The van der Waals surface area contributed by atoms with E-state index in [-0.39, 0.29) is 12.2 Å². The zero-order chi connectivity index (χ0) is 16.3. The molecule has 7 nitrogen and oxygen atoms in total. The second-order valence-electron chi connectivity index (χ2n) is 5.25. The van der Waals surface area contributed by atoms with Gasteiger partial charge in [0, 0.05) is 24.0 Å². The van der Waals surface area contributed by atoms with Crippen molar-refractivity contribution in [3.05, 3.63) is 60.4 Å². The molecule has 1 unspecified atom stereocenters. The summed E-state index contributed by atoms with van der Waals surface area (Å²) in [6.07, 6.45) is 4.72. The molecule has 3 rings (SSSR count). The molecule has 0 fully saturated rings. The molecule has 118 valence electrons. The van der Waals surface area contributed by atoms with E-state index in [1.54, 1.807) is 43.6 Å². The Morgan fingerprint density at radius 2 is 2.26 bits per heavy atom. The first-order chi connectivity index (χ1) is 11.1. The Morgan fingerprint density at radius 1 is 1.39 bits per heavy atom. The number of nitrogens with zero attached hydrogens (tertiary/aromatic N) is 2. The number of aliphatic hydroxyl groups is 1. The number of carbonyl (C=O) groups is 1. The van der Waals surface area contributed by atoms with Crippen LogP contribution in [0.15, 0.2) is 57.9 Å². The van der Waals surface area contributed by atoms with Crippen LogP contribution in [0.1, 0.15) is 23.2 Å². The fourth-order valence-corrected chi connectivity index (χ4v) is 2.04. The van der Waals surface area contributed by atoms with E-state index in [1.165, 1.54) is 12.3 Å². The van der Waals surface area contributed by atoms with Gasteiger partial charge in [-0.2, -0.15) is 0 Å². The molecule has 2 N–H and O–H groups in total. The van der Waals surface area contributed by atoms with E-state index in [9.17, 15) is 9.90 Å². The van der Waals surface area contributed by atoms with Crippen LogP contribution in [0.5, 0.6) is 0 Å². The predicted molar refractivity (Wildman–Crippen MR) is 80.3 cm³/mol. The zero-order valence-electron chi connectivity index (χ0n) is 12.4. The molecular formula is C16H15N3O4. The van der Waals surface area contributed by atoms with Crippen molar-refractivity contribution in [3.63, 3.8) is 0 Å². The summed E-state index contributed by atoms with van der Waals surface area (Å²) < 4.78 is 10.3. The highest BCUT2D eigenvalue weighted by Crippen LogP contribution is 2.21. The first-order valence-electron chi connectivity index (χ1n) is 6.98. The van der Waals surface area contributed by atoms with E-state index >= 15 is 0 Å². The number of furan rings is 1. The van der Waals surface area contributed by atoms with Crippen LogP contribution < -0.4 is 5.32 Å². The maximum Gasteiger partial charge on any atom is 0.273 e. The third-order valence-electron chi connectivity index (χ3n) is 3.33. The van der Waals surface area contributed by atoms with Gasteiger partial charge in [-0.3, -0.25) is 9.78 Å². The largest absolute Gasteiger partial charge is 0.466 e. The smallest absolute Gasteiger partial charge is 0.273 e. The molecule has 3 aromatic heterocycles. The van der Waals surface area contributed by atoms with Crippen LogP contribution in [0.4, 0.5) is 0 Å². The minimum Gasteiger partial charge on any atom is -0.466 e. The maximum absolute atomic E-state index is 12.1. The molecule has 0 saturated heterocycles. The second-order valence-corrected chi connectivity index (χ2v) is 5.25. The second kappa shape index (κ2) is 6.05. The lowest BCUT2D eigenvalue weighted by Gasteiger charge is -2.20. The van der Waals surface area contributed by atoms with Gasteiger partial charge in [0.05, 0.1) is 12.8 Å². The van der Waals surface area contributed by atoms with Gasteiger partial charge in [-0.05, 0) is 31.2 Å². The molecule has 7 heteroatoms. The van der Waals surface area contributed by atoms with Gasteiger partial charge >= 0.3 is 0 Å². The Hall–Kier alpha value is -2.93. The number of rotatable bonds is 5. The molecule has 0 aliphatic rings. The Morgan fingerprint density at radius 3 is 2.96 bits per heavy atom. The van der Waals surface area contributed by atoms with Crippen LogP contribution in [0.25, 0.3) is 11.3 Å². The number of hydrogen-bond donors (Lipinski definition) is 2. The third-order valence-corrected chi connectivity index (χ3v) is 3.33. The molecule has 0 aromatic carbocycles. The highest BCUT2D eigenvalue weighted by atomic mass is 16.5. The van der Waals surface area contributed by atoms with Crippen LogP contribution >= 0.6 is 0 Å². The third kappa shape index (κ3) is 3.29. The molecule has 0 spiro atoms. The summed E-state index contributed by atoms with van der Waals surface area (Å²) in [5.74, 6) is 0.366. The van der Waals surface area contributed by atoms with Crippen LogP contribution in [-0.4, -0.2) is 27.7 Å². The monoisotopic (exact) mass is 313 g/mol. The van der Waals surface area contributed by atoms with Gasteiger partial charge < -0.3 is 19.4 Å². The number of amides is 1. The summed E-state index contributed by atoms with van der Waals surface area (Å²) >= 11 is 0. The first kappa shape index (κ1) is 15.0. The predicted octanol–water partition coefficient (Wildman–Crippen LogP) is 1.97. The number of hydrogen-bond acceptors (Lipinski definition) is 6. The lowest BCUT2D eigenvalue weighted by Crippen LogP contribution is -2.38. The zero-order valence-corrected chi connectivity index (χ0v) is 12.4. The Labute approximate surface area is 131 Å². The van der Waals surface area contributed by atoms with Crippen molar-refractivity contribution in [3.8, 4) is 11.3 Å². The van der Waals surface area contributed by atoms with Gasteiger partial charge in [-0.25, -0.2) is 0 Å². The minimum absolute atomic E-state index is 0.0194. The summed E-state index contributed by atoms with van der Waals surface area (Å²) in [6.45, 7) is 1.53. The normalized spacial score (nSPS) is 13.5. The van der Waals surface area contributed by atoms with Gasteiger partial charge in [0.2, 0.25) is 0 Å². The summed E-state index contributed by atoms with van der Waals surface area (Å²) in [5, 5.41) is 16.6. The highest BCUT2D eigenvalue weighted by Gasteiger charge is 2.27. The van der Waals surface area contributed by atoms with E-state index in [1.807, 2.05) is 0 Å². The average molecular weight is 313 g/mol. The number of carbonyl (C=O) groups excluding carboxylic acids is 1. The van der Waals surface area contributed by atoms with Gasteiger partial charge in [-0.1, -0.05) is 5.16 Å². The van der Waals surface area contributed by atoms with Crippen LogP contribution in [-0.2, 0) is 5.60 Å². The van der Waals surface area contributed by atoms with Crippen molar-refractivity contribution >= 4 is 5.91 Å². The Balaban J connectivity index is 1.66. The molecule has 3 aromatic rings. The summed E-state index contributed by atoms with van der Waals surface area (Å²) in [5.41, 5.74) is -0.463. The van der Waals surface area contributed by atoms with Crippen LogP contribution in [0.2, 0.25) is 0 Å². The van der Waals surface area contributed by atoms with Gasteiger partial charge in [0.1, 0.15) is 11.4 Å². The number of pyridine rings is 1. The quantitative estimate of drug-likeness (QED) is 0.746. The van der Waals surface area contributed by atoms with Gasteiger partial charge in [0.15, 0.2) is 11.5 Å².